The average molecular weight is 737 g/mol. The standard InChI is InChI=1S/C54H32N4/c1-4-16-33(17-5-1)55-45-25-13-10-22-36(45)39-28-41-43-30-42-38-24-12-15-27-47(38)57(35-20-8-3-9-21-35)53(42)52-44-29-40-37-23-11-14-26-46(37)56(34-18-6-2-7-19-34)49(40)32-51(44)58(54(43)52)50(41)31-48(39)55/h1-32H. The first kappa shape index (κ1) is 30.4. The summed E-state index contributed by atoms with van der Waals surface area (Å²) in [4.78, 5) is 0. The number of rotatable bonds is 3. The molecule has 14 aromatic rings. The van der Waals surface area contributed by atoms with Crippen LogP contribution in [0.15, 0.2) is 194 Å². The predicted molar refractivity (Wildman–Crippen MR) is 244 cm³/mol. The number of aromatic nitrogens is 4. The molecule has 0 N–H and O–H groups in total. The van der Waals surface area contributed by atoms with Crippen LogP contribution in [0.5, 0.6) is 0 Å². The molecule has 0 aliphatic carbocycles. The summed E-state index contributed by atoms with van der Waals surface area (Å²) in [5, 5.41) is 12.7. The third-order valence-electron chi connectivity index (χ3n) is 12.8. The maximum absolute atomic E-state index is 2.58. The van der Waals surface area contributed by atoms with E-state index in [1.165, 1.54) is 104 Å². The molecule has 0 spiro atoms. The molecule has 268 valence electrons. The monoisotopic (exact) mass is 736 g/mol. The van der Waals surface area contributed by atoms with Crippen LogP contribution in [0.1, 0.15) is 0 Å². The Hall–Kier alpha value is -7.82. The predicted octanol–water partition coefficient (Wildman–Crippen LogP) is 14.1. The van der Waals surface area contributed by atoms with Gasteiger partial charge in [-0.15, -0.1) is 0 Å². The Kier molecular flexibility index (Phi) is 5.73. The molecule has 0 atom stereocenters. The molecular weight excluding hydrogens is 705 g/mol. The summed E-state index contributed by atoms with van der Waals surface area (Å²) in [6.07, 6.45) is 0. The summed E-state index contributed by atoms with van der Waals surface area (Å²) in [7, 11) is 0. The molecule has 14 rings (SSSR count). The average Bonchev–Trinajstić information content (AvgIpc) is 4.06. The van der Waals surface area contributed by atoms with Crippen molar-refractivity contribution in [2.75, 3.05) is 0 Å². The molecule has 4 nitrogen and oxygen atoms in total. The van der Waals surface area contributed by atoms with Crippen LogP contribution in [0, 0.1) is 0 Å². The van der Waals surface area contributed by atoms with Crippen LogP contribution >= 0.6 is 0 Å². The van der Waals surface area contributed by atoms with Crippen molar-refractivity contribution in [2.45, 2.75) is 0 Å². The van der Waals surface area contributed by atoms with Crippen molar-refractivity contribution in [3.8, 4) is 17.1 Å². The number of benzene rings is 9. The zero-order valence-electron chi connectivity index (χ0n) is 31.3. The second-order valence-electron chi connectivity index (χ2n) is 15.7. The van der Waals surface area contributed by atoms with Crippen LogP contribution in [0.3, 0.4) is 0 Å². The van der Waals surface area contributed by atoms with Gasteiger partial charge in [-0.1, -0.05) is 109 Å². The first-order valence-electron chi connectivity index (χ1n) is 20.0. The zero-order valence-corrected chi connectivity index (χ0v) is 31.3. The molecule has 5 heterocycles. The molecule has 0 unspecified atom stereocenters. The van der Waals surface area contributed by atoms with E-state index >= 15 is 0 Å². The van der Waals surface area contributed by atoms with Gasteiger partial charge in [-0.2, -0.15) is 0 Å². The third kappa shape index (κ3) is 3.75. The van der Waals surface area contributed by atoms with Gasteiger partial charge in [0.25, 0.3) is 0 Å². The van der Waals surface area contributed by atoms with E-state index in [9.17, 15) is 0 Å². The van der Waals surface area contributed by atoms with Crippen LogP contribution in [-0.2, 0) is 0 Å². The Morgan fingerprint density at radius 1 is 0.224 bits per heavy atom. The molecule has 0 aliphatic rings. The van der Waals surface area contributed by atoms with Crippen molar-refractivity contribution in [3.05, 3.63) is 194 Å². The molecule has 9 aromatic carbocycles. The van der Waals surface area contributed by atoms with Gasteiger partial charge in [0.1, 0.15) is 0 Å². The Morgan fingerprint density at radius 2 is 0.586 bits per heavy atom. The highest BCUT2D eigenvalue weighted by Gasteiger charge is 2.27. The van der Waals surface area contributed by atoms with Gasteiger partial charge < -0.3 is 18.1 Å². The smallest absolute Gasteiger partial charge is 0.0642 e. The normalized spacial score (nSPS) is 12.5. The van der Waals surface area contributed by atoms with Gasteiger partial charge in [-0.25, -0.2) is 0 Å². The van der Waals surface area contributed by atoms with Gasteiger partial charge in [0.05, 0.1) is 49.7 Å². The van der Waals surface area contributed by atoms with E-state index in [0.29, 0.717) is 0 Å². The number of hydrogen-bond acceptors (Lipinski definition) is 0. The molecule has 5 aromatic heterocycles. The van der Waals surface area contributed by atoms with E-state index in [1.54, 1.807) is 0 Å². The lowest BCUT2D eigenvalue weighted by molar-refractivity contribution is 1.18. The maximum Gasteiger partial charge on any atom is 0.0642 e. The molecule has 0 amide bonds. The lowest BCUT2D eigenvalue weighted by Crippen LogP contribution is -1.94. The van der Waals surface area contributed by atoms with E-state index in [4.69, 9.17) is 0 Å². The van der Waals surface area contributed by atoms with Gasteiger partial charge >= 0.3 is 0 Å². The Labute approximate surface area is 331 Å². The minimum absolute atomic E-state index is 1.16. The number of para-hydroxylation sites is 6. The number of nitrogens with zero attached hydrogens (tertiary/aromatic N) is 4. The van der Waals surface area contributed by atoms with Gasteiger partial charge in [0, 0.05) is 70.9 Å². The minimum Gasteiger partial charge on any atom is -0.309 e. The van der Waals surface area contributed by atoms with Crippen LogP contribution < -0.4 is 0 Å². The van der Waals surface area contributed by atoms with Gasteiger partial charge in [0.2, 0.25) is 0 Å². The number of hydrogen-bond donors (Lipinski definition) is 0. The van der Waals surface area contributed by atoms with Crippen molar-refractivity contribution >= 4 is 104 Å². The van der Waals surface area contributed by atoms with E-state index in [2.05, 4.69) is 212 Å². The van der Waals surface area contributed by atoms with Crippen molar-refractivity contribution in [2.24, 2.45) is 0 Å². The third-order valence-corrected chi connectivity index (χ3v) is 12.8. The second-order valence-corrected chi connectivity index (χ2v) is 15.7. The summed E-state index contributed by atoms with van der Waals surface area (Å²) >= 11 is 0. The second kappa shape index (κ2) is 10.9. The van der Waals surface area contributed by atoms with Crippen LogP contribution in [0.25, 0.3) is 121 Å². The van der Waals surface area contributed by atoms with Crippen molar-refractivity contribution < 1.29 is 0 Å². The minimum atomic E-state index is 1.16. The van der Waals surface area contributed by atoms with Crippen LogP contribution in [0.4, 0.5) is 0 Å². The fourth-order valence-electron chi connectivity index (χ4n) is 10.5. The fraction of sp³-hybridized carbons (Fsp3) is 0. The summed E-state index contributed by atoms with van der Waals surface area (Å²) < 4.78 is 9.97. The van der Waals surface area contributed by atoms with Crippen molar-refractivity contribution in [1.82, 2.24) is 18.1 Å². The summed E-state index contributed by atoms with van der Waals surface area (Å²) in [6.45, 7) is 0. The highest BCUT2D eigenvalue weighted by atomic mass is 15.0. The summed E-state index contributed by atoms with van der Waals surface area (Å²) in [5.41, 5.74) is 14.5. The fourth-order valence-corrected chi connectivity index (χ4v) is 10.5. The summed E-state index contributed by atoms with van der Waals surface area (Å²) in [5.74, 6) is 0. The maximum atomic E-state index is 2.58. The molecule has 0 aliphatic heterocycles. The Balaban J connectivity index is 1.26. The van der Waals surface area contributed by atoms with E-state index < -0.39 is 0 Å². The largest absolute Gasteiger partial charge is 0.309 e. The van der Waals surface area contributed by atoms with Gasteiger partial charge in [0.15, 0.2) is 0 Å². The van der Waals surface area contributed by atoms with Crippen LogP contribution in [0.2, 0.25) is 0 Å². The molecular formula is C54H32N4. The van der Waals surface area contributed by atoms with Crippen molar-refractivity contribution in [3.63, 3.8) is 0 Å². The lowest BCUT2D eigenvalue weighted by Gasteiger charge is -2.09. The summed E-state index contributed by atoms with van der Waals surface area (Å²) in [6, 6.07) is 71.6. The molecule has 4 heteroatoms. The van der Waals surface area contributed by atoms with Crippen molar-refractivity contribution in [1.29, 1.82) is 0 Å². The van der Waals surface area contributed by atoms with Gasteiger partial charge in [-0.05, 0) is 84.9 Å². The molecule has 0 saturated heterocycles. The first-order valence-corrected chi connectivity index (χ1v) is 20.0. The molecule has 0 saturated carbocycles. The highest BCUT2D eigenvalue weighted by molar-refractivity contribution is 6.36. The SMILES string of the molecule is c1ccc(-n2c3ccccc3c3cc4c5cc6c7ccccc7n(-c7ccccc7)c6c6c7cc8c9ccccc9n(-c9ccccc9)c8cc7n(c4cc32)c56)cc1. The Bertz CT molecular complexity index is 3990. The molecule has 0 radical (unpaired) electrons. The lowest BCUT2D eigenvalue weighted by atomic mass is 10.0. The Morgan fingerprint density at radius 3 is 1.12 bits per heavy atom. The quantitative estimate of drug-likeness (QED) is 0.172. The number of fused-ring (bicyclic) bond motifs is 16. The molecule has 0 bridgehead atoms. The molecule has 0 fully saturated rings. The molecule has 58 heavy (non-hydrogen) atoms. The topological polar surface area (TPSA) is 19.2 Å². The van der Waals surface area contributed by atoms with Crippen LogP contribution in [-0.4, -0.2) is 18.1 Å². The van der Waals surface area contributed by atoms with Gasteiger partial charge in [-0.3, -0.25) is 0 Å². The van der Waals surface area contributed by atoms with E-state index in [0.717, 1.165) is 17.1 Å². The highest BCUT2D eigenvalue weighted by Crippen LogP contribution is 2.49. The zero-order chi connectivity index (χ0) is 37.6. The first-order chi connectivity index (χ1) is 28.8. The van der Waals surface area contributed by atoms with E-state index in [-0.39, 0.29) is 0 Å². The van der Waals surface area contributed by atoms with E-state index in [1.807, 2.05) is 0 Å².